The lowest BCUT2D eigenvalue weighted by Gasteiger charge is -2.42. The lowest BCUT2D eigenvalue weighted by atomic mass is 10.1. The first-order chi connectivity index (χ1) is 11.7. The number of nitrogens with zero attached hydrogens (tertiary/aromatic N) is 3. The van der Waals surface area contributed by atoms with Crippen molar-refractivity contribution in [3.05, 3.63) is 36.0 Å². The SMILES string of the molecule is COc1cccc2ccc(CN3CCN4CCNC(=O)C4C3)nc12. The molecule has 24 heavy (non-hydrogen) atoms. The standard InChI is InChI=1S/C18H22N4O2/c1-24-16-4-2-3-13-5-6-14(20-17(13)16)11-21-9-10-22-8-7-19-18(23)15(22)12-21/h2-6,15H,7-12H2,1H3,(H,19,23). The summed E-state index contributed by atoms with van der Waals surface area (Å²) in [4.78, 5) is 21.5. The fourth-order valence-electron chi connectivity index (χ4n) is 3.62. The maximum Gasteiger partial charge on any atom is 0.238 e. The van der Waals surface area contributed by atoms with E-state index in [4.69, 9.17) is 9.72 Å². The highest BCUT2D eigenvalue weighted by atomic mass is 16.5. The number of para-hydroxylation sites is 1. The second-order valence-electron chi connectivity index (χ2n) is 6.41. The molecule has 3 heterocycles. The van der Waals surface area contributed by atoms with Crippen molar-refractivity contribution in [2.75, 3.05) is 39.8 Å². The van der Waals surface area contributed by atoms with Gasteiger partial charge in [0.25, 0.3) is 0 Å². The number of rotatable bonds is 3. The summed E-state index contributed by atoms with van der Waals surface area (Å²) in [6.45, 7) is 5.14. The molecule has 1 atom stereocenters. The molecule has 6 nitrogen and oxygen atoms in total. The molecule has 126 valence electrons. The Bertz CT molecular complexity index is 764. The highest BCUT2D eigenvalue weighted by Crippen LogP contribution is 2.24. The van der Waals surface area contributed by atoms with Crippen molar-refractivity contribution >= 4 is 16.8 Å². The van der Waals surface area contributed by atoms with Crippen LogP contribution in [0.25, 0.3) is 10.9 Å². The van der Waals surface area contributed by atoms with Crippen LogP contribution in [0.3, 0.4) is 0 Å². The van der Waals surface area contributed by atoms with Crippen molar-refractivity contribution in [2.45, 2.75) is 12.6 Å². The molecular weight excluding hydrogens is 304 g/mol. The predicted octanol–water partition coefficient (Wildman–Crippen LogP) is 0.859. The third-order valence-corrected chi connectivity index (χ3v) is 4.92. The van der Waals surface area contributed by atoms with E-state index in [9.17, 15) is 4.79 Å². The Morgan fingerprint density at radius 1 is 1.25 bits per heavy atom. The van der Waals surface area contributed by atoms with Crippen LogP contribution in [-0.2, 0) is 11.3 Å². The van der Waals surface area contributed by atoms with Crippen molar-refractivity contribution in [3.8, 4) is 5.75 Å². The number of ether oxygens (including phenoxy) is 1. The van der Waals surface area contributed by atoms with Gasteiger partial charge in [0.2, 0.25) is 5.91 Å². The second-order valence-corrected chi connectivity index (χ2v) is 6.41. The van der Waals surface area contributed by atoms with Gasteiger partial charge in [0.15, 0.2) is 0 Å². The number of nitrogens with one attached hydrogen (secondary N) is 1. The van der Waals surface area contributed by atoms with E-state index in [1.54, 1.807) is 7.11 Å². The molecule has 1 aromatic carbocycles. The van der Waals surface area contributed by atoms with Gasteiger partial charge in [-0.15, -0.1) is 0 Å². The summed E-state index contributed by atoms with van der Waals surface area (Å²) in [7, 11) is 1.67. The zero-order valence-corrected chi connectivity index (χ0v) is 13.9. The molecular formula is C18H22N4O2. The van der Waals surface area contributed by atoms with Gasteiger partial charge in [-0.25, -0.2) is 4.98 Å². The third kappa shape index (κ3) is 2.83. The number of hydrogen-bond acceptors (Lipinski definition) is 5. The van der Waals surface area contributed by atoms with Crippen LogP contribution in [0.2, 0.25) is 0 Å². The quantitative estimate of drug-likeness (QED) is 0.907. The molecule has 2 saturated heterocycles. The highest BCUT2D eigenvalue weighted by Gasteiger charge is 2.34. The normalized spacial score (nSPS) is 22.2. The Kier molecular flexibility index (Phi) is 4.08. The van der Waals surface area contributed by atoms with Crippen LogP contribution >= 0.6 is 0 Å². The molecule has 2 aliphatic heterocycles. The fourth-order valence-corrected chi connectivity index (χ4v) is 3.62. The maximum atomic E-state index is 12.1. The molecule has 2 aromatic rings. The molecule has 0 saturated carbocycles. The first-order valence-electron chi connectivity index (χ1n) is 8.41. The number of carbonyl (C=O) groups is 1. The van der Waals surface area contributed by atoms with Gasteiger partial charge < -0.3 is 10.1 Å². The van der Waals surface area contributed by atoms with Crippen LogP contribution in [0.15, 0.2) is 30.3 Å². The summed E-state index contributed by atoms with van der Waals surface area (Å²) in [5.41, 5.74) is 1.91. The summed E-state index contributed by atoms with van der Waals surface area (Å²) in [5, 5.41) is 4.04. The number of carbonyl (C=O) groups excluding carboxylic acids is 1. The molecule has 1 amide bonds. The molecule has 0 radical (unpaired) electrons. The molecule has 0 aliphatic carbocycles. The number of methoxy groups -OCH3 is 1. The fraction of sp³-hybridized carbons (Fsp3) is 0.444. The Morgan fingerprint density at radius 2 is 2.17 bits per heavy atom. The van der Waals surface area contributed by atoms with Crippen molar-refractivity contribution in [3.63, 3.8) is 0 Å². The van der Waals surface area contributed by atoms with E-state index in [2.05, 4.69) is 27.2 Å². The molecule has 0 bridgehead atoms. The molecule has 1 unspecified atom stereocenters. The molecule has 2 aliphatic rings. The summed E-state index contributed by atoms with van der Waals surface area (Å²) >= 11 is 0. The van der Waals surface area contributed by atoms with E-state index in [1.807, 2.05) is 18.2 Å². The number of piperazine rings is 2. The Hall–Kier alpha value is -2.18. The largest absolute Gasteiger partial charge is 0.494 e. The van der Waals surface area contributed by atoms with Gasteiger partial charge >= 0.3 is 0 Å². The molecule has 1 aromatic heterocycles. The average molecular weight is 326 g/mol. The zero-order valence-electron chi connectivity index (χ0n) is 13.9. The number of pyridine rings is 1. The van der Waals surface area contributed by atoms with E-state index < -0.39 is 0 Å². The van der Waals surface area contributed by atoms with Crippen LogP contribution < -0.4 is 10.1 Å². The van der Waals surface area contributed by atoms with Crippen molar-refractivity contribution < 1.29 is 9.53 Å². The monoisotopic (exact) mass is 326 g/mol. The maximum absolute atomic E-state index is 12.1. The number of hydrogen-bond donors (Lipinski definition) is 1. The Balaban J connectivity index is 1.53. The van der Waals surface area contributed by atoms with Gasteiger partial charge in [-0.2, -0.15) is 0 Å². The predicted molar refractivity (Wildman–Crippen MR) is 91.9 cm³/mol. The second kappa shape index (κ2) is 6.37. The van der Waals surface area contributed by atoms with E-state index in [0.29, 0.717) is 0 Å². The minimum absolute atomic E-state index is 0.0255. The number of amides is 1. The van der Waals surface area contributed by atoms with Crippen LogP contribution in [0.5, 0.6) is 5.75 Å². The Morgan fingerprint density at radius 3 is 3.04 bits per heavy atom. The molecule has 2 fully saturated rings. The summed E-state index contributed by atoms with van der Waals surface area (Å²) in [6.07, 6.45) is 0. The van der Waals surface area contributed by atoms with Crippen LogP contribution in [0.4, 0.5) is 0 Å². The molecule has 0 spiro atoms. The van der Waals surface area contributed by atoms with Gasteiger partial charge in [0.05, 0.1) is 12.8 Å². The molecule has 1 N–H and O–H groups in total. The van der Waals surface area contributed by atoms with E-state index in [-0.39, 0.29) is 11.9 Å². The summed E-state index contributed by atoms with van der Waals surface area (Å²) < 4.78 is 5.42. The lowest BCUT2D eigenvalue weighted by molar-refractivity contribution is -0.132. The minimum atomic E-state index is -0.0255. The van der Waals surface area contributed by atoms with Gasteiger partial charge in [-0.05, 0) is 12.1 Å². The van der Waals surface area contributed by atoms with E-state index in [0.717, 1.165) is 61.6 Å². The van der Waals surface area contributed by atoms with Gasteiger partial charge in [-0.3, -0.25) is 14.6 Å². The van der Waals surface area contributed by atoms with Crippen molar-refractivity contribution in [1.82, 2.24) is 20.1 Å². The first-order valence-corrected chi connectivity index (χ1v) is 8.41. The van der Waals surface area contributed by atoms with Crippen molar-refractivity contribution in [1.29, 1.82) is 0 Å². The third-order valence-electron chi connectivity index (χ3n) is 4.92. The number of fused-ring (bicyclic) bond motifs is 2. The average Bonchev–Trinajstić information content (AvgIpc) is 2.62. The smallest absolute Gasteiger partial charge is 0.238 e. The molecule has 6 heteroatoms. The number of aromatic nitrogens is 1. The van der Waals surface area contributed by atoms with E-state index in [1.165, 1.54) is 0 Å². The topological polar surface area (TPSA) is 57.7 Å². The van der Waals surface area contributed by atoms with Crippen LogP contribution in [0, 0.1) is 0 Å². The van der Waals surface area contributed by atoms with E-state index >= 15 is 0 Å². The van der Waals surface area contributed by atoms with Gasteiger partial charge in [-0.1, -0.05) is 18.2 Å². The zero-order chi connectivity index (χ0) is 16.5. The van der Waals surface area contributed by atoms with Gasteiger partial charge in [0.1, 0.15) is 17.3 Å². The number of benzene rings is 1. The van der Waals surface area contributed by atoms with Crippen molar-refractivity contribution in [2.24, 2.45) is 0 Å². The summed E-state index contributed by atoms with van der Waals surface area (Å²) in [6, 6.07) is 10.1. The van der Waals surface area contributed by atoms with Gasteiger partial charge in [0, 0.05) is 44.7 Å². The minimum Gasteiger partial charge on any atom is -0.494 e. The first kappa shape index (κ1) is 15.4. The molecule has 4 rings (SSSR count). The van der Waals surface area contributed by atoms with Crippen LogP contribution in [-0.4, -0.2) is 66.6 Å². The summed E-state index contributed by atoms with van der Waals surface area (Å²) in [5.74, 6) is 0.949. The Labute approximate surface area is 141 Å². The highest BCUT2D eigenvalue weighted by molar-refractivity contribution is 5.84. The lowest BCUT2D eigenvalue weighted by Crippen LogP contribution is -2.63. The van der Waals surface area contributed by atoms with Crippen LogP contribution in [0.1, 0.15) is 5.69 Å².